The lowest BCUT2D eigenvalue weighted by atomic mass is 10.1. The molecule has 11 heteroatoms. The van der Waals surface area contributed by atoms with Crippen molar-refractivity contribution >= 4 is 29.1 Å². The van der Waals surface area contributed by atoms with Crippen molar-refractivity contribution in [2.75, 3.05) is 0 Å². The van der Waals surface area contributed by atoms with Crippen LogP contribution in [0.4, 0.5) is 5.69 Å². The Balaban J connectivity index is 1.50. The number of ether oxygens (including phenoxy) is 1. The van der Waals surface area contributed by atoms with Gasteiger partial charge in [0.1, 0.15) is 24.8 Å². The predicted molar refractivity (Wildman–Crippen MR) is 116 cm³/mol. The van der Waals surface area contributed by atoms with Crippen LogP contribution in [0.1, 0.15) is 22.8 Å². The minimum atomic E-state index is -0.589. The molecule has 1 unspecified atom stereocenters. The molecule has 10 nitrogen and oxygen atoms in total. The summed E-state index contributed by atoms with van der Waals surface area (Å²) in [7, 11) is 0. The highest BCUT2D eigenvalue weighted by atomic mass is 35.5. The number of nitrogens with zero attached hydrogens (tertiary/aromatic N) is 3. The summed E-state index contributed by atoms with van der Waals surface area (Å²) in [6.45, 7) is 1.99. The molecule has 2 N–H and O–H groups in total. The number of nitrogens with one attached hydrogen (secondary N) is 2. The lowest BCUT2D eigenvalue weighted by Gasteiger charge is -2.13. The summed E-state index contributed by atoms with van der Waals surface area (Å²) in [5.41, 5.74) is 5.67. The Kier molecular flexibility index (Phi) is 7.40. The van der Waals surface area contributed by atoms with Crippen molar-refractivity contribution in [2.45, 2.75) is 20.1 Å². The van der Waals surface area contributed by atoms with Crippen LogP contribution < -0.4 is 15.6 Å². The molecule has 2 aromatic carbocycles. The molecule has 0 radical (unpaired) electrons. The SMILES string of the molecule is CC(Cn1cc([N+](=O)[O-])cn1)C(=O)NNC(=O)c1cccc(COc2ccc(Cl)cc2)c1. The molecule has 0 bridgehead atoms. The first kappa shape index (κ1) is 22.8. The maximum atomic E-state index is 12.4. The maximum Gasteiger partial charge on any atom is 0.306 e. The van der Waals surface area contributed by atoms with Gasteiger partial charge in [0, 0.05) is 10.6 Å². The number of benzene rings is 2. The van der Waals surface area contributed by atoms with E-state index in [1.165, 1.54) is 10.9 Å². The predicted octanol–water partition coefficient (Wildman–Crippen LogP) is 3.12. The van der Waals surface area contributed by atoms with Crippen LogP contribution in [0.3, 0.4) is 0 Å². The number of hydrazine groups is 1. The van der Waals surface area contributed by atoms with E-state index in [4.69, 9.17) is 16.3 Å². The van der Waals surface area contributed by atoms with E-state index in [9.17, 15) is 19.7 Å². The van der Waals surface area contributed by atoms with Gasteiger partial charge in [0.05, 0.1) is 17.4 Å². The van der Waals surface area contributed by atoms with Crippen LogP contribution in [0.2, 0.25) is 5.02 Å². The van der Waals surface area contributed by atoms with Crippen LogP contribution in [0, 0.1) is 16.0 Å². The first-order chi connectivity index (χ1) is 15.3. The highest BCUT2D eigenvalue weighted by Gasteiger charge is 2.17. The highest BCUT2D eigenvalue weighted by Crippen LogP contribution is 2.17. The molecule has 1 atom stereocenters. The van der Waals surface area contributed by atoms with Gasteiger partial charge in [-0.3, -0.25) is 35.2 Å². The molecule has 0 fully saturated rings. The minimum absolute atomic E-state index is 0.118. The average Bonchev–Trinajstić information content (AvgIpc) is 3.26. The maximum absolute atomic E-state index is 12.4. The average molecular weight is 458 g/mol. The van der Waals surface area contributed by atoms with Crippen molar-refractivity contribution in [3.8, 4) is 5.75 Å². The van der Waals surface area contributed by atoms with Crippen molar-refractivity contribution in [1.29, 1.82) is 0 Å². The van der Waals surface area contributed by atoms with Gasteiger partial charge in [0.25, 0.3) is 5.91 Å². The summed E-state index contributed by atoms with van der Waals surface area (Å²) in [6.07, 6.45) is 2.34. The fourth-order valence-corrected chi connectivity index (χ4v) is 2.85. The molecule has 166 valence electrons. The van der Waals surface area contributed by atoms with Gasteiger partial charge in [-0.1, -0.05) is 30.7 Å². The second-order valence-electron chi connectivity index (χ2n) is 6.97. The van der Waals surface area contributed by atoms with Gasteiger partial charge in [-0.2, -0.15) is 5.10 Å². The van der Waals surface area contributed by atoms with Crippen LogP contribution in [0.5, 0.6) is 5.75 Å². The zero-order valence-corrected chi connectivity index (χ0v) is 17.8. The van der Waals surface area contributed by atoms with E-state index in [1.807, 2.05) is 6.07 Å². The molecule has 3 rings (SSSR count). The zero-order chi connectivity index (χ0) is 23.1. The third kappa shape index (κ3) is 6.29. The number of carbonyl (C=O) groups is 2. The van der Waals surface area contributed by atoms with Crippen molar-refractivity contribution in [3.05, 3.63) is 87.2 Å². The van der Waals surface area contributed by atoms with Crippen LogP contribution >= 0.6 is 11.6 Å². The van der Waals surface area contributed by atoms with E-state index >= 15 is 0 Å². The Morgan fingerprint density at radius 2 is 1.97 bits per heavy atom. The van der Waals surface area contributed by atoms with Gasteiger partial charge in [-0.15, -0.1) is 0 Å². The number of aromatic nitrogens is 2. The number of halogens is 1. The van der Waals surface area contributed by atoms with Gasteiger partial charge in [-0.05, 0) is 42.0 Å². The molecule has 0 aliphatic heterocycles. The number of rotatable bonds is 8. The Labute approximate surface area is 188 Å². The van der Waals surface area contributed by atoms with E-state index in [-0.39, 0.29) is 18.8 Å². The number of carbonyl (C=O) groups excluding carboxylic acids is 2. The van der Waals surface area contributed by atoms with E-state index in [0.717, 1.165) is 11.8 Å². The van der Waals surface area contributed by atoms with Gasteiger partial charge in [0.15, 0.2) is 0 Å². The number of hydrogen-bond donors (Lipinski definition) is 2. The highest BCUT2D eigenvalue weighted by molar-refractivity contribution is 6.30. The van der Waals surface area contributed by atoms with Crippen molar-refractivity contribution in [1.82, 2.24) is 20.6 Å². The van der Waals surface area contributed by atoms with Gasteiger partial charge >= 0.3 is 5.69 Å². The van der Waals surface area contributed by atoms with Crippen LogP contribution in [-0.4, -0.2) is 26.5 Å². The molecule has 0 spiro atoms. The third-order valence-corrected chi connectivity index (χ3v) is 4.70. The standard InChI is InChI=1S/C21H20ClN5O5/c1-14(11-26-12-18(10-23-26)27(30)31)20(28)24-25-21(29)16-4-2-3-15(9-16)13-32-19-7-5-17(22)6-8-19/h2-10,12,14H,11,13H2,1H3,(H,24,28)(H,25,29). The molecule has 0 saturated heterocycles. The Morgan fingerprint density at radius 1 is 1.22 bits per heavy atom. The third-order valence-electron chi connectivity index (χ3n) is 4.45. The van der Waals surface area contributed by atoms with Crippen LogP contribution in [0.25, 0.3) is 0 Å². The largest absolute Gasteiger partial charge is 0.489 e. The Hall–Kier alpha value is -3.92. The lowest BCUT2D eigenvalue weighted by molar-refractivity contribution is -0.385. The normalized spacial score (nSPS) is 11.4. The molecule has 1 aromatic heterocycles. The van der Waals surface area contributed by atoms with Gasteiger partial charge in [-0.25, -0.2) is 0 Å². The fourth-order valence-electron chi connectivity index (χ4n) is 2.72. The summed E-state index contributed by atoms with van der Waals surface area (Å²) in [5, 5.41) is 15.2. The quantitative estimate of drug-likeness (QED) is 0.395. The zero-order valence-electron chi connectivity index (χ0n) is 17.0. The summed E-state index contributed by atoms with van der Waals surface area (Å²) in [5.74, 6) is -0.894. The summed E-state index contributed by atoms with van der Waals surface area (Å²) >= 11 is 5.85. The van der Waals surface area contributed by atoms with E-state index in [1.54, 1.807) is 49.4 Å². The van der Waals surface area contributed by atoms with Crippen LogP contribution in [0.15, 0.2) is 60.9 Å². The molecule has 1 heterocycles. The van der Waals surface area contributed by atoms with Crippen LogP contribution in [-0.2, 0) is 17.9 Å². The van der Waals surface area contributed by atoms with Gasteiger partial charge < -0.3 is 4.74 Å². The van der Waals surface area contributed by atoms with Crippen molar-refractivity contribution < 1.29 is 19.2 Å². The number of nitro groups is 1. The first-order valence-corrected chi connectivity index (χ1v) is 9.94. The molecule has 32 heavy (non-hydrogen) atoms. The second kappa shape index (κ2) is 10.4. The first-order valence-electron chi connectivity index (χ1n) is 9.56. The monoisotopic (exact) mass is 457 g/mol. The van der Waals surface area contributed by atoms with E-state index in [2.05, 4.69) is 16.0 Å². The molecule has 0 aliphatic rings. The molecule has 3 aromatic rings. The lowest BCUT2D eigenvalue weighted by Crippen LogP contribution is -2.44. The topological polar surface area (TPSA) is 128 Å². The smallest absolute Gasteiger partial charge is 0.306 e. The summed E-state index contributed by atoms with van der Waals surface area (Å²) in [6, 6.07) is 13.7. The molecular weight excluding hydrogens is 438 g/mol. The molecule has 0 aliphatic carbocycles. The molecule has 0 saturated carbocycles. The van der Waals surface area contributed by atoms with Crippen molar-refractivity contribution in [3.63, 3.8) is 0 Å². The summed E-state index contributed by atoms with van der Waals surface area (Å²) < 4.78 is 6.97. The minimum Gasteiger partial charge on any atom is -0.489 e. The Morgan fingerprint density at radius 3 is 2.66 bits per heavy atom. The fraction of sp³-hybridized carbons (Fsp3) is 0.190. The Bertz CT molecular complexity index is 1120. The van der Waals surface area contributed by atoms with Crippen molar-refractivity contribution in [2.24, 2.45) is 5.92 Å². The number of hydrogen-bond acceptors (Lipinski definition) is 6. The molecular formula is C21H20ClN5O5. The summed E-state index contributed by atoms with van der Waals surface area (Å²) in [4.78, 5) is 34.8. The second-order valence-corrected chi connectivity index (χ2v) is 7.40. The number of amides is 2. The van der Waals surface area contributed by atoms with E-state index < -0.39 is 22.7 Å². The van der Waals surface area contributed by atoms with E-state index in [0.29, 0.717) is 16.3 Å². The van der Waals surface area contributed by atoms with Gasteiger partial charge in [0.2, 0.25) is 5.91 Å². The molecule has 2 amide bonds.